The predicted octanol–water partition coefficient (Wildman–Crippen LogP) is -0.0630. The van der Waals surface area contributed by atoms with Gasteiger partial charge in [0.1, 0.15) is 0 Å². The Bertz CT molecular complexity index is 243. The molecule has 0 radical (unpaired) electrons. The Hall–Kier alpha value is -1.29. The fourth-order valence-corrected chi connectivity index (χ4v) is 1.05. The Balaban J connectivity index is 2.66. The maximum atomic E-state index is 10.9. The van der Waals surface area contributed by atoms with Crippen LogP contribution >= 0.6 is 0 Å². The van der Waals surface area contributed by atoms with E-state index in [1.807, 2.05) is 0 Å². The van der Waals surface area contributed by atoms with Crippen molar-refractivity contribution in [3.05, 3.63) is 23.5 Å². The van der Waals surface area contributed by atoms with Crippen molar-refractivity contribution in [1.29, 1.82) is 0 Å². The molecule has 0 aliphatic heterocycles. The second kappa shape index (κ2) is 3.92. The Morgan fingerprint density at radius 1 is 1.50 bits per heavy atom. The van der Waals surface area contributed by atoms with Gasteiger partial charge in [-0.3, -0.25) is 4.84 Å². The smallest absolute Gasteiger partial charge is 0.393 e. The first kappa shape index (κ1) is 8.80. The van der Waals surface area contributed by atoms with Gasteiger partial charge >= 0.3 is 5.97 Å². The molecule has 4 nitrogen and oxygen atoms in total. The van der Waals surface area contributed by atoms with Crippen molar-refractivity contribution in [2.75, 3.05) is 7.11 Å². The average molecular weight is 170 g/mol. The van der Waals surface area contributed by atoms with Crippen LogP contribution in [0, 0.1) is 0 Å². The first-order chi connectivity index (χ1) is 5.77. The summed E-state index contributed by atoms with van der Waals surface area (Å²) in [4.78, 5) is 15.3. The van der Waals surface area contributed by atoms with Gasteiger partial charge in [0.2, 0.25) is 0 Å². The monoisotopic (exact) mass is 170 g/mol. The molecular weight excluding hydrogens is 158 g/mol. The molecular formula is C8H12NO3+. The summed E-state index contributed by atoms with van der Waals surface area (Å²) in [7, 11) is 1.62. The molecule has 4 heteroatoms. The van der Waals surface area contributed by atoms with E-state index in [2.05, 4.69) is 10.7 Å². The molecule has 0 amide bonds. The van der Waals surface area contributed by atoms with Crippen molar-refractivity contribution in [1.82, 2.24) is 0 Å². The maximum Gasteiger partial charge on any atom is 0.393 e. The summed E-state index contributed by atoms with van der Waals surface area (Å²) >= 11 is 0. The van der Waals surface area contributed by atoms with E-state index in [9.17, 15) is 4.79 Å². The molecule has 0 fully saturated rings. The molecule has 0 aromatic carbocycles. The normalized spacial score (nSPS) is 16.2. The zero-order valence-corrected chi connectivity index (χ0v) is 7.00. The quantitative estimate of drug-likeness (QED) is 0.590. The molecule has 12 heavy (non-hydrogen) atoms. The van der Waals surface area contributed by atoms with Gasteiger partial charge in [0.05, 0.1) is 12.9 Å². The van der Waals surface area contributed by atoms with Crippen LogP contribution < -0.4 is 5.90 Å². The van der Waals surface area contributed by atoms with Crippen molar-refractivity contribution < 1.29 is 20.3 Å². The lowest BCUT2D eigenvalue weighted by Crippen LogP contribution is -2.51. The van der Waals surface area contributed by atoms with E-state index >= 15 is 0 Å². The van der Waals surface area contributed by atoms with Gasteiger partial charge in [0, 0.05) is 12.0 Å². The Morgan fingerprint density at radius 3 is 2.67 bits per heavy atom. The zero-order valence-electron chi connectivity index (χ0n) is 7.00. The highest BCUT2D eigenvalue weighted by atomic mass is 16.7. The first-order valence-corrected chi connectivity index (χ1v) is 3.68. The van der Waals surface area contributed by atoms with Crippen LogP contribution in [0.25, 0.3) is 0 Å². The minimum atomic E-state index is -0.360. The largest absolute Gasteiger partial charge is 0.501 e. The van der Waals surface area contributed by atoms with Crippen LogP contribution in [-0.4, -0.2) is 13.1 Å². The fraction of sp³-hybridized carbons (Fsp3) is 0.375. The molecule has 0 saturated carbocycles. The molecule has 0 aromatic heterocycles. The first-order valence-electron chi connectivity index (χ1n) is 3.68. The summed E-state index contributed by atoms with van der Waals surface area (Å²) < 4.78 is 5.00. The van der Waals surface area contributed by atoms with Gasteiger partial charge in [-0.25, -0.2) is 4.79 Å². The van der Waals surface area contributed by atoms with Gasteiger partial charge in [0.15, 0.2) is 0 Å². The second-order valence-corrected chi connectivity index (χ2v) is 2.46. The van der Waals surface area contributed by atoms with Crippen LogP contribution in [0.5, 0.6) is 0 Å². The molecule has 1 aliphatic carbocycles. The van der Waals surface area contributed by atoms with Crippen molar-refractivity contribution in [2.24, 2.45) is 0 Å². The van der Waals surface area contributed by atoms with Gasteiger partial charge < -0.3 is 4.74 Å². The minimum Gasteiger partial charge on any atom is -0.501 e. The third-order valence-electron chi connectivity index (χ3n) is 1.77. The van der Waals surface area contributed by atoms with Crippen LogP contribution in [0.1, 0.15) is 12.8 Å². The van der Waals surface area contributed by atoms with Crippen LogP contribution in [-0.2, 0) is 14.4 Å². The van der Waals surface area contributed by atoms with Crippen LogP contribution in [0.3, 0.4) is 0 Å². The number of carbonyl (C=O) groups excluding carboxylic acids is 1. The van der Waals surface area contributed by atoms with Crippen molar-refractivity contribution in [2.45, 2.75) is 12.8 Å². The van der Waals surface area contributed by atoms with Crippen molar-refractivity contribution in [3.8, 4) is 0 Å². The summed E-state index contributed by atoms with van der Waals surface area (Å²) in [6.07, 6.45) is 4.89. The number of hydrogen-bond donors (Lipinski definition) is 1. The Morgan fingerprint density at radius 2 is 2.25 bits per heavy atom. The standard InChI is InChI=1S/C8H12NO3/c1-11-7-4-2-6(3-5-7)8(10)12-9/h2,4H,3,5H2,1,9H3/q+1. The molecule has 0 aromatic rings. The SMILES string of the molecule is COC1=CC=C(C(=O)O[NH3+])CC1. The van der Waals surface area contributed by atoms with Crippen molar-refractivity contribution in [3.63, 3.8) is 0 Å². The second-order valence-electron chi connectivity index (χ2n) is 2.46. The zero-order chi connectivity index (χ0) is 8.97. The third-order valence-corrected chi connectivity index (χ3v) is 1.77. The topological polar surface area (TPSA) is 63.2 Å². The molecule has 1 rings (SSSR count). The van der Waals surface area contributed by atoms with Gasteiger partial charge in [-0.2, -0.15) is 5.90 Å². The highest BCUT2D eigenvalue weighted by Gasteiger charge is 2.15. The minimum absolute atomic E-state index is 0.360. The number of allylic oxidation sites excluding steroid dienone is 3. The maximum absolute atomic E-state index is 10.9. The molecule has 0 spiro atoms. The van der Waals surface area contributed by atoms with Gasteiger partial charge in [-0.15, -0.1) is 0 Å². The van der Waals surface area contributed by atoms with E-state index in [-0.39, 0.29) is 5.97 Å². The Kier molecular flexibility index (Phi) is 2.88. The summed E-state index contributed by atoms with van der Waals surface area (Å²) in [5, 5.41) is 0. The van der Waals surface area contributed by atoms with Gasteiger partial charge in [-0.1, -0.05) is 0 Å². The van der Waals surface area contributed by atoms with Crippen LogP contribution in [0.2, 0.25) is 0 Å². The molecule has 0 atom stereocenters. The van der Waals surface area contributed by atoms with Crippen molar-refractivity contribution >= 4 is 5.97 Å². The number of methoxy groups -OCH3 is 1. The average Bonchev–Trinajstić information content (AvgIpc) is 2.17. The lowest BCUT2D eigenvalue weighted by atomic mass is 10.0. The number of quaternary nitrogens is 1. The highest BCUT2D eigenvalue weighted by Crippen LogP contribution is 2.18. The summed E-state index contributed by atoms with van der Waals surface area (Å²) in [6.45, 7) is 0. The van der Waals surface area contributed by atoms with Crippen LogP contribution in [0.4, 0.5) is 0 Å². The summed E-state index contributed by atoms with van der Waals surface area (Å²) in [5.74, 6) is 3.58. The number of hydrogen-bond acceptors (Lipinski definition) is 3. The Labute approximate surface area is 70.6 Å². The molecule has 0 saturated heterocycles. The molecule has 0 unspecified atom stereocenters. The summed E-state index contributed by atoms with van der Waals surface area (Å²) in [5.41, 5.74) is 0.644. The lowest BCUT2D eigenvalue weighted by molar-refractivity contribution is -0.656. The predicted molar refractivity (Wildman–Crippen MR) is 41.4 cm³/mol. The number of rotatable bonds is 2. The molecule has 1 aliphatic rings. The number of carbonyl (C=O) groups is 1. The van der Waals surface area contributed by atoms with E-state index in [0.717, 1.165) is 12.2 Å². The van der Waals surface area contributed by atoms with Crippen LogP contribution in [0.15, 0.2) is 23.5 Å². The van der Waals surface area contributed by atoms with E-state index in [1.165, 1.54) is 0 Å². The fourth-order valence-electron chi connectivity index (χ4n) is 1.05. The molecule has 3 N–H and O–H groups in total. The number of ether oxygens (including phenoxy) is 1. The van der Waals surface area contributed by atoms with E-state index in [4.69, 9.17) is 4.74 Å². The van der Waals surface area contributed by atoms with E-state index in [0.29, 0.717) is 12.0 Å². The highest BCUT2D eigenvalue weighted by molar-refractivity contribution is 5.88. The third kappa shape index (κ3) is 1.85. The van der Waals surface area contributed by atoms with Gasteiger partial charge in [0.25, 0.3) is 0 Å². The molecule has 0 bridgehead atoms. The lowest BCUT2D eigenvalue weighted by Gasteiger charge is -2.10. The molecule has 0 heterocycles. The summed E-state index contributed by atoms with van der Waals surface area (Å²) in [6, 6.07) is 0. The van der Waals surface area contributed by atoms with Gasteiger partial charge in [-0.05, 0) is 18.6 Å². The van der Waals surface area contributed by atoms with E-state index < -0.39 is 0 Å². The van der Waals surface area contributed by atoms with E-state index in [1.54, 1.807) is 19.3 Å². The molecule has 66 valence electrons.